The molecule has 1 aromatic heterocycles. The molecule has 0 saturated carbocycles. The number of carbonyl (C=O) groups excluding carboxylic acids is 3. The number of amides is 1. The van der Waals surface area contributed by atoms with E-state index in [0.29, 0.717) is 22.5 Å². The van der Waals surface area contributed by atoms with E-state index >= 15 is 0 Å². The summed E-state index contributed by atoms with van der Waals surface area (Å²) in [6, 6.07) is 1.23. The summed E-state index contributed by atoms with van der Waals surface area (Å²) >= 11 is 0. The van der Waals surface area contributed by atoms with Gasteiger partial charge in [-0.05, 0) is 25.0 Å². The van der Waals surface area contributed by atoms with E-state index in [2.05, 4.69) is 20.6 Å². The average molecular weight is 797 g/mol. The molecule has 4 rings (SSSR count). The van der Waals surface area contributed by atoms with Gasteiger partial charge in [-0.2, -0.15) is 22.5 Å². The number of aliphatic imine (C=N–C) groups is 1. The molecule has 0 radical (unpaired) electrons. The molecule has 5 N–H and O–H groups in total. The van der Waals surface area contributed by atoms with Crippen molar-refractivity contribution in [2.75, 3.05) is 38.5 Å². The number of aromatic nitrogens is 2. The first-order valence-corrected chi connectivity index (χ1v) is 17.4. The summed E-state index contributed by atoms with van der Waals surface area (Å²) in [5, 5.41) is 35.7. The molecule has 1 unspecified atom stereocenters. The molecule has 19 nitrogen and oxygen atoms in total. The van der Waals surface area contributed by atoms with E-state index in [0.717, 1.165) is 37.7 Å². The van der Waals surface area contributed by atoms with E-state index in [1.165, 1.54) is 6.07 Å². The van der Waals surface area contributed by atoms with Crippen molar-refractivity contribution in [1.29, 1.82) is 0 Å². The van der Waals surface area contributed by atoms with Crippen LogP contribution in [0.4, 0.5) is 28.2 Å². The lowest BCUT2D eigenvalue weighted by Crippen LogP contribution is -2.52. The van der Waals surface area contributed by atoms with Crippen molar-refractivity contribution in [3.05, 3.63) is 35.0 Å². The molecule has 0 aromatic carbocycles. The third-order valence-corrected chi connectivity index (χ3v) is 8.35. The zero-order valence-electron chi connectivity index (χ0n) is 29.9. The Morgan fingerprint density at radius 3 is 2.05 bits per heavy atom. The largest absolute Gasteiger partial charge is 0.463 e. The molecule has 3 aliphatic rings. The summed E-state index contributed by atoms with van der Waals surface area (Å²) in [7, 11) is 0. The van der Waals surface area contributed by atoms with Crippen LogP contribution in [-0.2, 0) is 38.0 Å². The third-order valence-electron chi connectivity index (χ3n) is 8.35. The van der Waals surface area contributed by atoms with Gasteiger partial charge < -0.3 is 54.0 Å². The fourth-order valence-electron chi connectivity index (χ4n) is 5.25. The number of carbonyl (C=O) groups is 3. The Labute approximate surface area is 311 Å². The molecule has 308 valence electrons. The number of alkyl carbamates (subject to hydrolysis) is 1. The summed E-state index contributed by atoms with van der Waals surface area (Å²) in [4.78, 5) is 56.8. The second-order valence-electron chi connectivity index (χ2n) is 12.5. The maximum absolute atomic E-state index is 15.0. The van der Waals surface area contributed by atoms with E-state index < -0.39 is 105 Å². The molecular weight excluding hydrogens is 752 g/mol. The molecule has 23 heteroatoms. The van der Waals surface area contributed by atoms with Crippen LogP contribution in [0.15, 0.2) is 34.3 Å². The molecule has 7 atom stereocenters. The number of halogens is 4. The molecule has 2 fully saturated rings. The van der Waals surface area contributed by atoms with E-state index in [9.17, 15) is 52.1 Å². The normalized spacial score (nSPS) is 26.7. The minimum atomic E-state index is -4.01. The summed E-state index contributed by atoms with van der Waals surface area (Å²) in [5.41, 5.74) is -1.12. The number of esters is 2. The van der Waals surface area contributed by atoms with Crippen molar-refractivity contribution in [3.63, 3.8) is 0 Å². The number of anilines is 1. The van der Waals surface area contributed by atoms with Gasteiger partial charge in [0.15, 0.2) is 12.2 Å². The number of unbranched alkanes of at least 4 members (excludes halogenated alkanes) is 2. The van der Waals surface area contributed by atoms with Gasteiger partial charge in [-0.15, -0.1) is 0 Å². The molecule has 2 saturated heterocycles. The number of hydrogen-bond donors (Lipinski definition) is 5. The van der Waals surface area contributed by atoms with Crippen molar-refractivity contribution in [2.45, 2.75) is 107 Å². The molecule has 1 amide bonds. The van der Waals surface area contributed by atoms with Crippen LogP contribution in [-0.4, -0.2) is 136 Å². The second kappa shape index (κ2) is 19.4. The fraction of sp³-hybridized carbons (Fsp3) is 0.688. The highest BCUT2D eigenvalue weighted by molar-refractivity contribution is 6.02. The van der Waals surface area contributed by atoms with Crippen LogP contribution in [0.5, 0.6) is 0 Å². The maximum Gasteiger partial charge on any atom is 0.412 e. The first-order valence-electron chi connectivity index (χ1n) is 17.4. The Hall–Kier alpha value is -4.42. The molecular formula is C32H44F4N6O13. The van der Waals surface area contributed by atoms with Gasteiger partial charge in [-0.3, -0.25) is 19.5 Å². The lowest BCUT2D eigenvalue weighted by Gasteiger charge is -2.34. The van der Waals surface area contributed by atoms with Gasteiger partial charge in [0.1, 0.15) is 43.8 Å². The average Bonchev–Trinajstić information content (AvgIpc) is 3.50. The van der Waals surface area contributed by atoms with Gasteiger partial charge in [-0.1, -0.05) is 26.7 Å². The summed E-state index contributed by atoms with van der Waals surface area (Å²) in [6.45, 7) is 2.69. The zero-order chi connectivity index (χ0) is 40.3. The third kappa shape index (κ3) is 11.1. The van der Waals surface area contributed by atoms with Crippen molar-refractivity contribution in [3.8, 4) is 0 Å². The highest BCUT2D eigenvalue weighted by Gasteiger charge is 2.62. The smallest absolute Gasteiger partial charge is 0.412 e. The number of nitrogens with zero attached hydrogens (tertiary/aromatic N) is 4. The number of rotatable bonds is 18. The van der Waals surface area contributed by atoms with Gasteiger partial charge in [0.05, 0.1) is 19.4 Å². The molecule has 0 spiro atoms. The van der Waals surface area contributed by atoms with Crippen molar-refractivity contribution >= 4 is 29.7 Å². The number of ether oxygens (including phenoxy) is 6. The highest BCUT2D eigenvalue weighted by atomic mass is 19.3. The SMILES string of the molecule is CCCCOCNc1ccn([C@H]2O[C@@H](COC(=O)CCC(=O)OC[C@H]3O[C@@H](N4C=CC(NC(=O)OCCCC)=NC4O)C(F)(F)[C@@H]3O)[C@H](O)C2(F)F)c(=O)n1. The highest BCUT2D eigenvalue weighted by Crippen LogP contribution is 2.42. The fourth-order valence-corrected chi connectivity index (χ4v) is 5.25. The van der Waals surface area contributed by atoms with Crippen molar-refractivity contribution < 1.29 is 75.7 Å². The monoisotopic (exact) mass is 796 g/mol. The Kier molecular flexibility index (Phi) is 15.3. The predicted octanol–water partition coefficient (Wildman–Crippen LogP) is 0.941. The minimum absolute atomic E-state index is 0.0224. The number of hydrogen-bond acceptors (Lipinski definition) is 17. The molecule has 55 heavy (non-hydrogen) atoms. The van der Waals surface area contributed by atoms with E-state index in [1.54, 1.807) is 0 Å². The van der Waals surface area contributed by atoms with Crippen LogP contribution in [0.25, 0.3) is 0 Å². The first-order chi connectivity index (χ1) is 26.1. The number of aliphatic hydroxyl groups is 3. The standard InChI is InChI=1S/C32H44F4N6O13/c1-3-5-13-50-17-37-20-9-11-41(28(47)38-20)26-31(33,34)24(45)18(54-26)15-52-22(43)7-8-23(44)53-16-19-25(46)32(35,36)27(55-19)42-12-10-21(39-29(42)48)40-30(49)51-14-6-4-2/h9-12,18-19,24-27,29,45-46,48H,3-8,13-17H2,1-2H3,(H,37,38,47)(H,39,40,49)/t18-,19+,24-,25+,26-,27+,29?/m0/s1. The zero-order valence-corrected chi connectivity index (χ0v) is 29.9. The van der Waals surface area contributed by atoms with Crippen molar-refractivity contribution in [1.82, 2.24) is 19.8 Å². The molecule has 1 aromatic rings. The quantitative estimate of drug-likeness (QED) is 0.0457. The Bertz CT molecular complexity index is 1600. The van der Waals surface area contributed by atoms with E-state index in [-0.39, 0.29) is 25.0 Å². The van der Waals surface area contributed by atoms with Gasteiger partial charge in [0, 0.05) is 19.0 Å². The van der Waals surface area contributed by atoms with Gasteiger partial charge >= 0.3 is 35.6 Å². The number of aliphatic hydroxyl groups excluding tert-OH is 3. The summed E-state index contributed by atoms with van der Waals surface area (Å²) in [6.07, 6.45) is -11.2. The minimum Gasteiger partial charge on any atom is -0.463 e. The molecule has 0 aliphatic carbocycles. The van der Waals surface area contributed by atoms with Gasteiger partial charge in [0.25, 0.3) is 0 Å². The number of amidine groups is 1. The molecule has 4 heterocycles. The van der Waals surface area contributed by atoms with Crippen LogP contribution in [0.3, 0.4) is 0 Å². The lowest BCUT2D eigenvalue weighted by molar-refractivity contribution is -0.187. The van der Waals surface area contributed by atoms with Gasteiger partial charge in [-0.25, -0.2) is 14.6 Å². The first kappa shape index (κ1) is 43.3. The van der Waals surface area contributed by atoms with Crippen LogP contribution < -0.4 is 16.3 Å². The lowest BCUT2D eigenvalue weighted by atomic mass is 10.1. The maximum atomic E-state index is 15.0. The number of alkyl halides is 4. The topological polar surface area (TPSA) is 242 Å². The Morgan fingerprint density at radius 1 is 0.891 bits per heavy atom. The van der Waals surface area contributed by atoms with Crippen LogP contribution in [0.1, 0.15) is 58.6 Å². The van der Waals surface area contributed by atoms with Crippen LogP contribution in [0, 0.1) is 0 Å². The Balaban J connectivity index is 1.20. The van der Waals surface area contributed by atoms with E-state index in [1.807, 2.05) is 13.8 Å². The predicted molar refractivity (Wildman–Crippen MR) is 177 cm³/mol. The van der Waals surface area contributed by atoms with Crippen LogP contribution >= 0.6 is 0 Å². The Morgan fingerprint density at radius 2 is 1.47 bits per heavy atom. The molecule has 0 bridgehead atoms. The van der Waals surface area contributed by atoms with Crippen molar-refractivity contribution in [2.24, 2.45) is 4.99 Å². The van der Waals surface area contributed by atoms with E-state index in [4.69, 9.17) is 28.4 Å². The second-order valence-corrected chi connectivity index (χ2v) is 12.5. The summed E-state index contributed by atoms with van der Waals surface area (Å²) < 4.78 is 90.6. The number of nitrogens with one attached hydrogen (secondary N) is 2. The molecule has 3 aliphatic heterocycles. The van der Waals surface area contributed by atoms with Gasteiger partial charge in [0.2, 0.25) is 18.8 Å². The van der Waals surface area contributed by atoms with Crippen LogP contribution in [0.2, 0.25) is 0 Å². The summed E-state index contributed by atoms with van der Waals surface area (Å²) in [5.74, 6) is -10.4.